The molecule has 0 aliphatic carbocycles. The molecular weight excluding hydrogens is 360 g/mol. The average Bonchev–Trinajstić information content (AvgIpc) is 3.18. The lowest BCUT2D eigenvalue weighted by Gasteiger charge is -2.16. The molecule has 1 aromatic heterocycles. The molecule has 0 bridgehead atoms. The van der Waals surface area contributed by atoms with E-state index in [1.54, 1.807) is 23.0 Å². The largest absolute Gasteiger partial charge is 0.506 e. The van der Waals surface area contributed by atoms with Crippen molar-refractivity contribution in [3.8, 4) is 16.9 Å². The van der Waals surface area contributed by atoms with Gasteiger partial charge in [-0.25, -0.2) is 4.21 Å². The van der Waals surface area contributed by atoms with E-state index in [9.17, 15) is 18.9 Å². The molecule has 1 atom stereocenters. The van der Waals surface area contributed by atoms with Crippen LogP contribution in [0.15, 0.2) is 30.6 Å². The first-order chi connectivity index (χ1) is 12.4. The van der Waals surface area contributed by atoms with E-state index in [-0.39, 0.29) is 24.6 Å². The molecule has 1 unspecified atom stereocenters. The van der Waals surface area contributed by atoms with Crippen molar-refractivity contribution in [3.05, 3.63) is 30.6 Å². The van der Waals surface area contributed by atoms with Crippen LogP contribution in [0.5, 0.6) is 5.75 Å². The number of hydrogen-bond acceptors (Lipinski definition) is 5. The number of aliphatic carboxylic acids is 1. The Balaban J connectivity index is 1.74. The van der Waals surface area contributed by atoms with Gasteiger partial charge in [-0.1, -0.05) is 6.07 Å². The van der Waals surface area contributed by atoms with Crippen LogP contribution in [0, 0.1) is 0 Å². The highest BCUT2D eigenvalue weighted by atomic mass is 32.2. The molecule has 138 valence electrons. The summed E-state index contributed by atoms with van der Waals surface area (Å²) in [5, 5.41) is 23.0. The first kappa shape index (κ1) is 17.9. The number of carboxylic acids is 1. The number of aromatic nitrogens is 2. The molecule has 2 heterocycles. The van der Waals surface area contributed by atoms with E-state index in [1.165, 1.54) is 10.4 Å². The van der Waals surface area contributed by atoms with Gasteiger partial charge in [0.2, 0.25) is 11.2 Å². The van der Waals surface area contributed by atoms with Crippen LogP contribution in [-0.2, 0) is 27.3 Å². The van der Waals surface area contributed by atoms with E-state index in [0.717, 1.165) is 11.1 Å². The lowest BCUT2D eigenvalue weighted by atomic mass is 10.1. The lowest BCUT2D eigenvalue weighted by Crippen LogP contribution is -2.22. The number of carboxylic acid groups (broad SMARTS) is 1. The fourth-order valence-electron chi connectivity index (χ4n) is 2.64. The summed E-state index contributed by atoms with van der Waals surface area (Å²) in [5.41, 5.74) is 1.85. The number of hydrogen-bond donors (Lipinski definition) is 3. The van der Waals surface area contributed by atoms with E-state index in [0.29, 0.717) is 25.1 Å². The number of nitrogens with one attached hydrogen (secondary N) is 1. The number of unbranched alkanes of at least 4 members (excludes halogenated alkanes) is 1. The van der Waals surface area contributed by atoms with Crippen LogP contribution in [0.2, 0.25) is 0 Å². The molecule has 10 heteroatoms. The number of benzene rings is 1. The molecule has 3 N–H and O–H groups in total. The third-order valence-corrected chi connectivity index (χ3v) is 5.06. The number of aromatic hydroxyl groups is 1. The van der Waals surface area contributed by atoms with Crippen molar-refractivity contribution in [3.63, 3.8) is 0 Å². The van der Waals surface area contributed by atoms with Crippen molar-refractivity contribution in [1.82, 2.24) is 14.5 Å². The fourth-order valence-corrected chi connectivity index (χ4v) is 3.56. The van der Waals surface area contributed by atoms with Gasteiger partial charge < -0.3 is 10.2 Å². The molecule has 1 saturated heterocycles. The number of aryl methyl sites for hydroxylation is 1. The smallest absolute Gasteiger partial charge is 0.303 e. The Kier molecular flexibility index (Phi) is 5.21. The minimum Gasteiger partial charge on any atom is -0.506 e. The molecule has 9 nitrogen and oxygen atoms in total. The fraction of sp³-hybridized carbons (Fsp3) is 0.312. The minimum atomic E-state index is -1.72. The van der Waals surface area contributed by atoms with Crippen LogP contribution < -0.4 is 9.03 Å². The second-order valence-electron chi connectivity index (χ2n) is 5.86. The molecule has 1 amide bonds. The van der Waals surface area contributed by atoms with Gasteiger partial charge in [-0.3, -0.25) is 23.3 Å². The summed E-state index contributed by atoms with van der Waals surface area (Å²) in [6.07, 6.45) is 4.90. The molecule has 1 fully saturated rings. The van der Waals surface area contributed by atoms with Crippen LogP contribution in [0.1, 0.15) is 19.3 Å². The zero-order valence-electron chi connectivity index (χ0n) is 13.8. The predicted molar refractivity (Wildman–Crippen MR) is 94.4 cm³/mol. The zero-order chi connectivity index (χ0) is 18.7. The molecule has 0 radical (unpaired) electrons. The lowest BCUT2D eigenvalue weighted by molar-refractivity contribution is -0.137. The summed E-state index contributed by atoms with van der Waals surface area (Å²) >= 11 is -1.72. The summed E-state index contributed by atoms with van der Waals surface area (Å²) in [6, 6.07) is 4.84. The standard InChI is InChI=1S/C16H18N4O5S/c21-14-5-4-11(7-13(14)20-10-15(22)18-26(20)25)12-8-17-19(9-12)6-2-1-3-16(23)24/h4-5,7-9,21H,1-3,6,10H2,(H,18,22)(H,23,24). The quantitative estimate of drug-likeness (QED) is 0.618. The summed E-state index contributed by atoms with van der Waals surface area (Å²) < 4.78 is 17.2. The maximum atomic E-state index is 11.9. The van der Waals surface area contributed by atoms with Crippen molar-refractivity contribution >= 4 is 28.7 Å². The maximum absolute atomic E-state index is 11.9. The highest BCUT2D eigenvalue weighted by molar-refractivity contribution is 7.85. The number of amides is 1. The molecule has 1 aromatic carbocycles. The molecule has 2 aromatic rings. The Hall–Kier alpha value is -2.88. The predicted octanol–water partition coefficient (Wildman–Crippen LogP) is 1.03. The third kappa shape index (κ3) is 4.02. The van der Waals surface area contributed by atoms with Crippen LogP contribution in [0.3, 0.4) is 0 Å². The first-order valence-corrected chi connectivity index (χ1v) is 9.11. The van der Waals surface area contributed by atoms with E-state index in [2.05, 4.69) is 9.82 Å². The van der Waals surface area contributed by atoms with E-state index >= 15 is 0 Å². The van der Waals surface area contributed by atoms with Crippen molar-refractivity contribution in [2.24, 2.45) is 0 Å². The monoisotopic (exact) mass is 378 g/mol. The van der Waals surface area contributed by atoms with Gasteiger partial charge >= 0.3 is 5.97 Å². The van der Waals surface area contributed by atoms with E-state index < -0.39 is 17.1 Å². The third-order valence-electron chi connectivity index (χ3n) is 3.93. The number of rotatable bonds is 7. The summed E-state index contributed by atoms with van der Waals surface area (Å²) in [6.45, 7) is 0.513. The van der Waals surface area contributed by atoms with Gasteiger partial charge in [0.15, 0.2) is 0 Å². The molecule has 0 saturated carbocycles. The van der Waals surface area contributed by atoms with Crippen LogP contribution >= 0.6 is 0 Å². The van der Waals surface area contributed by atoms with Crippen molar-refractivity contribution in [1.29, 1.82) is 0 Å². The van der Waals surface area contributed by atoms with Crippen molar-refractivity contribution < 1.29 is 24.0 Å². The van der Waals surface area contributed by atoms with Crippen LogP contribution in [-0.4, -0.2) is 42.6 Å². The Morgan fingerprint density at radius 1 is 1.31 bits per heavy atom. The molecular formula is C16H18N4O5S. The Morgan fingerprint density at radius 2 is 2.12 bits per heavy atom. The van der Waals surface area contributed by atoms with Gasteiger partial charge in [0.25, 0.3) is 5.91 Å². The number of phenolic OH excluding ortho intramolecular Hbond substituents is 1. The number of nitrogens with zero attached hydrogens (tertiary/aromatic N) is 3. The van der Waals surface area contributed by atoms with Gasteiger partial charge in [0.1, 0.15) is 12.3 Å². The topological polar surface area (TPSA) is 125 Å². The van der Waals surface area contributed by atoms with E-state index in [4.69, 9.17) is 5.11 Å². The molecule has 0 spiro atoms. The second-order valence-corrected chi connectivity index (χ2v) is 7.00. The average molecular weight is 378 g/mol. The minimum absolute atomic E-state index is 0.0698. The highest BCUT2D eigenvalue weighted by Gasteiger charge is 2.29. The zero-order valence-corrected chi connectivity index (χ0v) is 14.6. The van der Waals surface area contributed by atoms with Gasteiger partial charge in [-0.05, 0) is 30.5 Å². The van der Waals surface area contributed by atoms with Gasteiger partial charge in [-0.2, -0.15) is 5.10 Å². The Labute approximate surface area is 152 Å². The number of carbonyl (C=O) groups is 2. The Morgan fingerprint density at radius 3 is 2.81 bits per heavy atom. The van der Waals surface area contributed by atoms with Gasteiger partial charge in [0.05, 0.1) is 11.9 Å². The molecule has 3 rings (SSSR count). The highest BCUT2D eigenvalue weighted by Crippen LogP contribution is 2.33. The summed E-state index contributed by atoms with van der Waals surface area (Å²) in [5.74, 6) is -1.25. The Bertz CT molecular complexity index is 866. The maximum Gasteiger partial charge on any atom is 0.303 e. The second kappa shape index (κ2) is 7.56. The van der Waals surface area contributed by atoms with Crippen molar-refractivity contribution in [2.45, 2.75) is 25.8 Å². The normalized spacial score (nSPS) is 16.7. The SMILES string of the molecule is O=C(O)CCCCn1cc(-c2ccc(O)c(N3CC(=O)NS3=O)c2)cn1. The van der Waals surface area contributed by atoms with Crippen LogP contribution in [0.25, 0.3) is 11.1 Å². The molecule has 1 aliphatic rings. The summed E-state index contributed by atoms with van der Waals surface area (Å²) in [4.78, 5) is 21.9. The molecule has 1 aliphatic heterocycles. The van der Waals surface area contributed by atoms with Gasteiger partial charge in [-0.15, -0.1) is 0 Å². The summed E-state index contributed by atoms with van der Waals surface area (Å²) in [7, 11) is 0. The van der Waals surface area contributed by atoms with Gasteiger partial charge in [0, 0.05) is 24.7 Å². The molecule has 26 heavy (non-hydrogen) atoms. The number of anilines is 1. The van der Waals surface area contributed by atoms with E-state index in [1.807, 2.05) is 6.20 Å². The van der Waals surface area contributed by atoms with Crippen molar-refractivity contribution in [2.75, 3.05) is 10.8 Å². The number of carbonyl (C=O) groups excluding carboxylic acids is 1. The first-order valence-electron chi connectivity index (χ1n) is 8.00. The number of phenols is 1. The van der Waals surface area contributed by atoms with Crippen LogP contribution in [0.4, 0.5) is 5.69 Å².